The van der Waals surface area contributed by atoms with Crippen molar-refractivity contribution in [1.29, 1.82) is 0 Å². The van der Waals surface area contributed by atoms with Crippen molar-refractivity contribution in [2.45, 2.75) is 64.1 Å². The number of ether oxygens (including phenoxy) is 2. The summed E-state index contributed by atoms with van der Waals surface area (Å²) in [5, 5.41) is 3.39. The SMILES string of the molecule is CC[C@H](C)NC(=O)[C@H](CC)N(Cc1cccc(C)c1)C(=O)CN(c1ccc(Cl)cc1)S(=O)(=O)c1ccc(OC)c(OC)c1. The molecule has 9 nitrogen and oxygen atoms in total. The number of rotatable bonds is 14. The maximum Gasteiger partial charge on any atom is 0.264 e. The second-order valence-corrected chi connectivity index (χ2v) is 12.6. The molecular formula is C32H40ClN3O6S. The Labute approximate surface area is 259 Å². The van der Waals surface area contributed by atoms with Gasteiger partial charge in [0.05, 0.1) is 24.8 Å². The third-order valence-corrected chi connectivity index (χ3v) is 9.18. The molecule has 0 aliphatic carbocycles. The Morgan fingerprint density at radius 2 is 1.60 bits per heavy atom. The molecule has 0 fully saturated rings. The van der Waals surface area contributed by atoms with Crippen molar-refractivity contribution < 1.29 is 27.5 Å². The first kappa shape index (κ1) is 33.7. The molecule has 0 radical (unpaired) electrons. The highest BCUT2D eigenvalue weighted by atomic mass is 35.5. The lowest BCUT2D eigenvalue weighted by atomic mass is 10.1. The third-order valence-electron chi connectivity index (χ3n) is 7.16. The molecule has 0 aliphatic rings. The number of nitrogens with zero attached hydrogens (tertiary/aromatic N) is 2. The van der Waals surface area contributed by atoms with Crippen molar-refractivity contribution in [3.63, 3.8) is 0 Å². The van der Waals surface area contributed by atoms with E-state index in [1.165, 1.54) is 49.5 Å². The summed E-state index contributed by atoms with van der Waals surface area (Å²) in [6, 6.07) is 17.1. The summed E-state index contributed by atoms with van der Waals surface area (Å²) in [5.74, 6) is -0.247. The number of amides is 2. The molecular weight excluding hydrogens is 590 g/mol. The Morgan fingerprint density at radius 3 is 2.19 bits per heavy atom. The van der Waals surface area contributed by atoms with Gasteiger partial charge < -0.3 is 19.7 Å². The third kappa shape index (κ3) is 8.42. The average Bonchev–Trinajstić information content (AvgIpc) is 2.99. The van der Waals surface area contributed by atoms with E-state index in [1.54, 1.807) is 12.1 Å². The normalized spacial score (nSPS) is 12.6. The zero-order valence-corrected chi connectivity index (χ0v) is 27.0. The van der Waals surface area contributed by atoms with Crippen molar-refractivity contribution in [2.24, 2.45) is 0 Å². The van der Waals surface area contributed by atoms with Crippen LogP contribution in [0, 0.1) is 6.92 Å². The van der Waals surface area contributed by atoms with Crippen LogP contribution < -0.4 is 19.1 Å². The van der Waals surface area contributed by atoms with Gasteiger partial charge in [0.1, 0.15) is 12.6 Å². The van der Waals surface area contributed by atoms with Gasteiger partial charge in [-0.3, -0.25) is 13.9 Å². The summed E-state index contributed by atoms with van der Waals surface area (Å²) >= 11 is 6.11. The van der Waals surface area contributed by atoms with Crippen molar-refractivity contribution in [3.05, 3.63) is 82.9 Å². The molecule has 0 aromatic heterocycles. The minimum Gasteiger partial charge on any atom is -0.493 e. The van der Waals surface area contributed by atoms with Gasteiger partial charge in [-0.1, -0.05) is 55.3 Å². The number of methoxy groups -OCH3 is 2. The van der Waals surface area contributed by atoms with Crippen molar-refractivity contribution in [3.8, 4) is 11.5 Å². The maximum atomic E-state index is 14.2. The monoisotopic (exact) mass is 629 g/mol. The molecule has 0 heterocycles. The molecule has 0 bridgehead atoms. The van der Waals surface area contributed by atoms with Gasteiger partial charge in [0.2, 0.25) is 11.8 Å². The molecule has 0 saturated heterocycles. The first-order chi connectivity index (χ1) is 20.4. The summed E-state index contributed by atoms with van der Waals surface area (Å²) in [4.78, 5) is 29.0. The second-order valence-electron chi connectivity index (χ2n) is 10.3. The fourth-order valence-electron chi connectivity index (χ4n) is 4.61. The van der Waals surface area contributed by atoms with E-state index in [-0.39, 0.29) is 34.8 Å². The van der Waals surface area contributed by atoms with E-state index >= 15 is 0 Å². The van der Waals surface area contributed by atoms with E-state index in [9.17, 15) is 18.0 Å². The Balaban J connectivity index is 2.10. The zero-order valence-electron chi connectivity index (χ0n) is 25.5. The highest BCUT2D eigenvalue weighted by molar-refractivity contribution is 7.92. The number of hydrogen-bond acceptors (Lipinski definition) is 6. The lowest BCUT2D eigenvalue weighted by Gasteiger charge is -2.34. The van der Waals surface area contributed by atoms with E-state index in [0.29, 0.717) is 17.2 Å². The van der Waals surface area contributed by atoms with E-state index in [0.717, 1.165) is 21.9 Å². The zero-order chi connectivity index (χ0) is 31.7. The lowest BCUT2D eigenvalue weighted by Crippen LogP contribution is -2.53. The van der Waals surface area contributed by atoms with E-state index in [1.807, 2.05) is 52.0 Å². The highest BCUT2D eigenvalue weighted by Gasteiger charge is 2.34. The molecule has 0 unspecified atom stereocenters. The Bertz CT molecular complexity index is 1510. The van der Waals surface area contributed by atoms with Gasteiger partial charge in [0.15, 0.2) is 11.5 Å². The molecule has 11 heteroatoms. The maximum absolute atomic E-state index is 14.2. The highest BCUT2D eigenvalue weighted by Crippen LogP contribution is 2.33. The molecule has 232 valence electrons. The smallest absolute Gasteiger partial charge is 0.264 e. The minimum atomic E-state index is -4.30. The standard InChI is InChI=1S/C32H40ClN3O6S/c1-7-23(4)34-32(38)28(8-2)35(20-24-11-9-10-22(3)18-24)31(37)21-36(26-14-12-25(33)13-15-26)43(39,40)27-16-17-29(41-5)30(19-27)42-6/h9-19,23,28H,7-8,20-21H2,1-6H3,(H,34,38)/t23-,28-/m0/s1. The van der Waals surface area contributed by atoms with E-state index in [4.69, 9.17) is 21.1 Å². The van der Waals surface area contributed by atoms with Crippen LogP contribution in [-0.2, 0) is 26.2 Å². The molecule has 3 aromatic rings. The first-order valence-electron chi connectivity index (χ1n) is 14.1. The first-order valence-corrected chi connectivity index (χ1v) is 15.9. The predicted molar refractivity (Wildman–Crippen MR) is 169 cm³/mol. The van der Waals surface area contributed by atoms with Gasteiger partial charge in [-0.2, -0.15) is 0 Å². The molecule has 3 aromatic carbocycles. The average molecular weight is 630 g/mol. The lowest BCUT2D eigenvalue weighted by molar-refractivity contribution is -0.140. The number of sulfonamides is 1. The number of hydrogen-bond donors (Lipinski definition) is 1. The van der Waals surface area contributed by atoms with Gasteiger partial charge >= 0.3 is 0 Å². The van der Waals surface area contributed by atoms with Crippen LogP contribution in [0.2, 0.25) is 5.02 Å². The number of carbonyl (C=O) groups excluding carboxylic acids is 2. The quantitative estimate of drug-likeness (QED) is 0.250. The molecule has 3 rings (SSSR count). The number of anilines is 1. The molecule has 0 spiro atoms. The fourth-order valence-corrected chi connectivity index (χ4v) is 6.16. The topological polar surface area (TPSA) is 105 Å². The molecule has 0 aliphatic heterocycles. The van der Waals surface area contributed by atoms with Crippen LogP contribution in [0.4, 0.5) is 5.69 Å². The predicted octanol–water partition coefficient (Wildman–Crippen LogP) is 5.58. The van der Waals surface area contributed by atoms with Crippen LogP contribution in [0.25, 0.3) is 0 Å². The Kier molecular flexibility index (Phi) is 11.9. The van der Waals surface area contributed by atoms with Crippen molar-refractivity contribution in [2.75, 3.05) is 25.1 Å². The number of aryl methyl sites for hydroxylation is 1. The molecule has 2 amide bonds. The van der Waals surface area contributed by atoms with Crippen LogP contribution in [0.1, 0.15) is 44.7 Å². The van der Waals surface area contributed by atoms with Crippen molar-refractivity contribution >= 4 is 39.1 Å². The Morgan fingerprint density at radius 1 is 0.930 bits per heavy atom. The van der Waals surface area contributed by atoms with Gasteiger partial charge in [-0.15, -0.1) is 0 Å². The minimum absolute atomic E-state index is 0.0894. The Hall–Kier alpha value is -3.76. The van der Waals surface area contributed by atoms with Gasteiger partial charge in [0, 0.05) is 23.7 Å². The van der Waals surface area contributed by atoms with Crippen LogP contribution in [0.5, 0.6) is 11.5 Å². The van der Waals surface area contributed by atoms with Crippen molar-refractivity contribution in [1.82, 2.24) is 10.2 Å². The summed E-state index contributed by atoms with van der Waals surface area (Å²) in [6.07, 6.45) is 1.06. The number of benzene rings is 3. The van der Waals surface area contributed by atoms with Gasteiger partial charge in [-0.25, -0.2) is 8.42 Å². The van der Waals surface area contributed by atoms with Crippen LogP contribution in [-0.4, -0.2) is 58.0 Å². The van der Waals surface area contributed by atoms with Crippen LogP contribution in [0.15, 0.2) is 71.6 Å². The van der Waals surface area contributed by atoms with Crippen LogP contribution in [0.3, 0.4) is 0 Å². The van der Waals surface area contributed by atoms with E-state index < -0.39 is 28.5 Å². The number of carbonyl (C=O) groups is 2. The molecule has 0 saturated carbocycles. The number of halogens is 1. The van der Waals surface area contributed by atoms with Gasteiger partial charge in [-0.05, 0) is 68.7 Å². The number of nitrogens with one attached hydrogen (secondary N) is 1. The largest absolute Gasteiger partial charge is 0.493 e. The fraction of sp³-hybridized carbons (Fsp3) is 0.375. The summed E-state index contributed by atoms with van der Waals surface area (Å²) in [6.45, 7) is 7.20. The van der Waals surface area contributed by atoms with E-state index in [2.05, 4.69) is 5.32 Å². The molecule has 2 atom stereocenters. The van der Waals surface area contributed by atoms with Gasteiger partial charge in [0.25, 0.3) is 10.0 Å². The van der Waals surface area contributed by atoms with Crippen LogP contribution >= 0.6 is 11.6 Å². The summed E-state index contributed by atoms with van der Waals surface area (Å²) < 4.78 is 39.9. The summed E-state index contributed by atoms with van der Waals surface area (Å²) in [7, 11) is -1.44. The molecule has 43 heavy (non-hydrogen) atoms. The second kappa shape index (κ2) is 15.1. The molecule has 1 N–H and O–H groups in total. The summed E-state index contributed by atoms with van der Waals surface area (Å²) in [5.41, 5.74) is 2.06.